The number of nitrogens with one attached hydrogen (secondary N) is 2. The van der Waals surface area contributed by atoms with Crippen LogP contribution >= 0.6 is 0 Å². The Hall–Kier alpha value is -1.59. The van der Waals surface area contributed by atoms with Gasteiger partial charge in [0, 0.05) is 20.2 Å². The molecule has 0 aromatic heterocycles. The highest BCUT2D eigenvalue weighted by Gasteiger charge is 1.99. The van der Waals surface area contributed by atoms with Crippen molar-refractivity contribution in [3.63, 3.8) is 0 Å². The first kappa shape index (κ1) is 14.5. The summed E-state index contributed by atoms with van der Waals surface area (Å²) in [6.07, 6.45) is 0. The zero-order valence-corrected chi connectivity index (χ0v) is 10.6. The minimum atomic E-state index is -0.0354. The van der Waals surface area contributed by atoms with E-state index >= 15 is 0 Å². The lowest BCUT2D eigenvalue weighted by Gasteiger charge is -2.07. The molecule has 0 radical (unpaired) electrons. The van der Waals surface area contributed by atoms with Crippen molar-refractivity contribution in [3.8, 4) is 5.75 Å². The Morgan fingerprint density at radius 3 is 2.67 bits per heavy atom. The molecule has 5 heteroatoms. The van der Waals surface area contributed by atoms with Crippen LogP contribution in [0.1, 0.15) is 0 Å². The molecule has 5 nitrogen and oxygen atoms in total. The molecule has 1 amide bonds. The molecule has 0 fully saturated rings. The summed E-state index contributed by atoms with van der Waals surface area (Å²) in [5.41, 5.74) is 0. The highest BCUT2D eigenvalue weighted by Crippen LogP contribution is 2.07. The number of rotatable bonds is 9. The molecule has 0 aliphatic carbocycles. The van der Waals surface area contributed by atoms with E-state index in [0.717, 1.165) is 5.75 Å². The number of carbonyl (C=O) groups excluding carboxylic acids is 1. The third-order valence-electron chi connectivity index (χ3n) is 2.20. The average molecular weight is 252 g/mol. The van der Waals surface area contributed by atoms with Crippen LogP contribution in [-0.2, 0) is 9.53 Å². The van der Waals surface area contributed by atoms with Gasteiger partial charge in [0.15, 0.2) is 0 Å². The van der Waals surface area contributed by atoms with Gasteiger partial charge in [-0.15, -0.1) is 0 Å². The molecule has 0 unspecified atom stereocenters. The monoisotopic (exact) mass is 252 g/mol. The lowest BCUT2D eigenvalue weighted by molar-refractivity contribution is -0.120. The number of carbonyl (C=O) groups is 1. The first-order valence-corrected chi connectivity index (χ1v) is 5.97. The van der Waals surface area contributed by atoms with Crippen LogP contribution in [0.25, 0.3) is 0 Å². The molecule has 0 heterocycles. The van der Waals surface area contributed by atoms with Gasteiger partial charge in [-0.1, -0.05) is 18.2 Å². The number of para-hydroxylation sites is 1. The van der Waals surface area contributed by atoms with E-state index in [1.165, 1.54) is 0 Å². The highest BCUT2D eigenvalue weighted by molar-refractivity contribution is 5.77. The summed E-state index contributed by atoms with van der Waals surface area (Å²) in [6.45, 7) is 2.53. The molecular weight excluding hydrogens is 232 g/mol. The van der Waals surface area contributed by atoms with Crippen molar-refractivity contribution in [1.29, 1.82) is 0 Å². The maximum Gasteiger partial charge on any atom is 0.234 e. The number of hydrogen-bond donors (Lipinski definition) is 2. The quantitative estimate of drug-likeness (QED) is 0.625. The van der Waals surface area contributed by atoms with E-state index in [0.29, 0.717) is 32.8 Å². The van der Waals surface area contributed by atoms with Crippen LogP contribution < -0.4 is 15.4 Å². The Balaban J connectivity index is 1.97. The molecule has 18 heavy (non-hydrogen) atoms. The largest absolute Gasteiger partial charge is 0.492 e. The average Bonchev–Trinajstić information content (AvgIpc) is 2.40. The van der Waals surface area contributed by atoms with E-state index in [1.54, 1.807) is 7.11 Å². The summed E-state index contributed by atoms with van der Waals surface area (Å²) < 4.78 is 10.3. The van der Waals surface area contributed by atoms with Crippen molar-refractivity contribution in [2.45, 2.75) is 0 Å². The van der Waals surface area contributed by atoms with Crippen molar-refractivity contribution >= 4 is 5.91 Å². The Morgan fingerprint density at radius 2 is 1.94 bits per heavy atom. The number of amides is 1. The van der Waals surface area contributed by atoms with Crippen molar-refractivity contribution in [3.05, 3.63) is 30.3 Å². The van der Waals surface area contributed by atoms with Gasteiger partial charge >= 0.3 is 0 Å². The molecule has 0 aliphatic rings. The third-order valence-corrected chi connectivity index (χ3v) is 2.20. The fourth-order valence-electron chi connectivity index (χ4n) is 1.31. The molecule has 1 aromatic carbocycles. The Bertz CT molecular complexity index is 330. The number of hydrogen-bond acceptors (Lipinski definition) is 4. The van der Waals surface area contributed by atoms with Crippen molar-refractivity contribution in [2.75, 3.05) is 40.0 Å². The minimum Gasteiger partial charge on any atom is -0.492 e. The molecule has 0 bridgehead atoms. The van der Waals surface area contributed by atoms with Gasteiger partial charge in [-0.2, -0.15) is 0 Å². The molecule has 0 saturated heterocycles. The summed E-state index contributed by atoms with van der Waals surface area (Å²) in [5.74, 6) is 0.801. The Kier molecular flexibility index (Phi) is 7.59. The minimum absolute atomic E-state index is 0.0354. The second kappa shape index (κ2) is 9.44. The molecule has 100 valence electrons. The standard InChI is InChI=1S/C13H20N2O3/c1-17-9-8-15-13(16)11-14-7-10-18-12-5-3-2-4-6-12/h2-6,14H,7-11H2,1H3,(H,15,16). The number of ether oxygens (including phenoxy) is 2. The second-order valence-electron chi connectivity index (χ2n) is 3.68. The predicted molar refractivity (Wildman–Crippen MR) is 69.7 cm³/mol. The molecule has 1 rings (SSSR count). The molecular formula is C13H20N2O3. The van der Waals surface area contributed by atoms with Crippen LogP contribution in [0.2, 0.25) is 0 Å². The van der Waals surface area contributed by atoms with Crippen molar-refractivity contribution in [1.82, 2.24) is 10.6 Å². The van der Waals surface area contributed by atoms with Crippen LogP contribution in [0.4, 0.5) is 0 Å². The summed E-state index contributed by atoms with van der Waals surface area (Å²) >= 11 is 0. The molecule has 0 saturated carbocycles. The molecule has 0 aliphatic heterocycles. The van der Waals surface area contributed by atoms with Gasteiger partial charge < -0.3 is 20.1 Å². The SMILES string of the molecule is COCCNC(=O)CNCCOc1ccccc1. The number of benzene rings is 1. The second-order valence-corrected chi connectivity index (χ2v) is 3.68. The lowest BCUT2D eigenvalue weighted by atomic mass is 10.3. The van der Waals surface area contributed by atoms with Gasteiger partial charge in [-0.05, 0) is 12.1 Å². The van der Waals surface area contributed by atoms with Gasteiger partial charge in [0.2, 0.25) is 5.91 Å². The summed E-state index contributed by atoms with van der Waals surface area (Å²) in [5, 5.41) is 5.73. The lowest BCUT2D eigenvalue weighted by Crippen LogP contribution is -2.36. The fourth-order valence-corrected chi connectivity index (χ4v) is 1.31. The van der Waals surface area contributed by atoms with Crippen LogP contribution in [0.3, 0.4) is 0 Å². The Morgan fingerprint density at radius 1 is 1.17 bits per heavy atom. The van der Waals surface area contributed by atoms with E-state index in [4.69, 9.17) is 9.47 Å². The van der Waals surface area contributed by atoms with Gasteiger partial charge in [-0.25, -0.2) is 0 Å². The predicted octanol–water partition coefficient (Wildman–Crippen LogP) is 0.418. The van der Waals surface area contributed by atoms with E-state index in [2.05, 4.69) is 10.6 Å². The van der Waals surface area contributed by atoms with E-state index in [9.17, 15) is 4.79 Å². The van der Waals surface area contributed by atoms with E-state index < -0.39 is 0 Å². The summed E-state index contributed by atoms with van der Waals surface area (Å²) in [6, 6.07) is 9.59. The van der Waals surface area contributed by atoms with Crippen molar-refractivity contribution < 1.29 is 14.3 Å². The molecule has 0 atom stereocenters. The summed E-state index contributed by atoms with van der Waals surface area (Å²) in [7, 11) is 1.60. The highest BCUT2D eigenvalue weighted by atomic mass is 16.5. The van der Waals surface area contributed by atoms with Crippen LogP contribution in [0.15, 0.2) is 30.3 Å². The zero-order valence-electron chi connectivity index (χ0n) is 10.6. The van der Waals surface area contributed by atoms with Crippen molar-refractivity contribution in [2.24, 2.45) is 0 Å². The van der Waals surface area contributed by atoms with Gasteiger partial charge in [0.25, 0.3) is 0 Å². The Labute approximate surface area is 107 Å². The number of methoxy groups -OCH3 is 1. The van der Waals surface area contributed by atoms with Crippen LogP contribution in [0.5, 0.6) is 5.75 Å². The molecule has 0 spiro atoms. The first-order chi connectivity index (χ1) is 8.83. The van der Waals surface area contributed by atoms with E-state index in [1.807, 2.05) is 30.3 Å². The summed E-state index contributed by atoms with van der Waals surface area (Å²) in [4.78, 5) is 11.3. The van der Waals surface area contributed by atoms with Gasteiger partial charge in [0.1, 0.15) is 12.4 Å². The smallest absolute Gasteiger partial charge is 0.234 e. The van der Waals surface area contributed by atoms with Gasteiger partial charge in [-0.3, -0.25) is 4.79 Å². The first-order valence-electron chi connectivity index (χ1n) is 5.97. The third kappa shape index (κ3) is 6.88. The van der Waals surface area contributed by atoms with Gasteiger partial charge in [0.05, 0.1) is 13.2 Å². The van der Waals surface area contributed by atoms with Crippen LogP contribution in [-0.4, -0.2) is 45.9 Å². The normalized spacial score (nSPS) is 10.1. The molecule has 1 aromatic rings. The van der Waals surface area contributed by atoms with Crippen LogP contribution in [0, 0.1) is 0 Å². The topological polar surface area (TPSA) is 59.6 Å². The maximum atomic E-state index is 11.3. The van der Waals surface area contributed by atoms with E-state index in [-0.39, 0.29) is 5.91 Å². The molecule has 2 N–H and O–H groups in total. The maximum absolute atomic E-state index is 11.3. The fraction of sp³-hybridized carbons (Fsp3) is 0.462. The zero-order chi connectivity index (χ0) is 13.1.